The van der Waals surface area contributed by atoms with Crippen LogP contribution >= 0.6 is 15.9 Å². The van der Waals surface area contributed by atoms with Gasteiger partial charge in [-0.3, -0.25) is 4.68 Å². The number of aromatic nitrogens is 2. The van der Waals surface area contributed by atoms with Crippen LogP contribution in [0, 0.1) is 5.41 Å². The molecule has 1 aromatic rings. The molecule has 76 valence electrons. The average Bonchev–Trinajstić information content (AvgIpc) is 2.41. The van der Waals surface area contributed by atoms with Crippen LogP contribution in [-0.2, 0) is 0 Å². The Bertz CT molecular complexity index is 346. The van der Waals surface area contributed by atoms with E-state index >= 15 is 0 Å². The Kier molecular flexibility index (Phi) is 1.80. The van der Waals surface area contributed by atoms with Crippen LogP contribution in [0.25, 0.3) is 0 Å². The first-order chi connectivity index (χ1) is 6.67. The molecule has 1 aliphatic carbocycles. The van der Waals surface area contributed by atoms with Gasteiger partial charge in [-0.25, -0.2) is 0 Å². The fourth-order valence-electron chi connectivity index (χ4n) is 3.00. The summed E-state index contributed by atoms with van der Waals surface area (Å²) in [5.41, 5.74) is 0.651. The number of nitrogens with zero attached hydrogens (tertiary/aromatic N) is 3. The lowest BCUT2D eigenvalue weighted by Gasteiger charge is -2.58. The predicted molar refractivity (Wildman–Crippen MR) is 58.1 cm³/mol. The summed E-state index contributed by atoms with van der Waals surface area (Å²) in [6, 6.07) is 2.66. The second-order valence-electron chi connectivity index (χ2n) is 4.85. The quantitative estimate of drug-likeness (QED) is 0.765. The molecule has 1 saturated heterocycles. The van der Waals surface area contributed by atoms with Gasteiger partial charge in [-0.05, 0) is 47.3 Å². The van der Waals surface area contributed by atoms with Crippen LogP contribution in [0.4, 0.5) is 0 Å². The summed E-state index contributed by atoms with van der Waals surface area (Å²) in [5, 5.41) is 4.40. The van der Waals surface area contributed by atoms with Crippen molar-refractivity contribution >= 4 is 15.9 Å². The number of likely N-dealkylation sites (tertiary alicyclic amines) is 1. The highest BCUT2D eigenvalue weighted by Gasteiger charge is 2.51. The lowest BCUT2D eigenvalue weighted by atomic mass is 9.61. The Morgan fingerprint density at radius 1 is 1.50 bits per heavy atom. The monoisotopic (exact) mass is 255 g/mol. The summed E-state index contributed by atoms with van der Waals surface area (Å²) in [5.74, 6) is 0. The fraction of sp³-hybridized carbons (Fsp3) is 0.700. The van der Waals surface area contributed by atoms with E-state index in [-0.39, 0.29) is 0 Å². The van der Waals surface area contributed by atoms with Crippen LogP contribution in [0.2, 0.25) is 0 Å². The summed E-state index contributed by atoms with van der Waals surface area (Å²) in [6.07, 6.45) is 4.70. The second kappa shape index (κ2) is 2.83. The molecule has 14 heavy (non-hydrogen) atoms. The molecule has 2 heterocycles. The van der Waals surface area contributed by atoms with E-state index in [9.17, 15) is 0 Å². The van der Waals surface area contributed by atoms with Crippen LogP contribution < -0.4 is 0 Å². The van der Waals surface area contributed by atoms with Crippen molar-refractivity contribution in [1.29, 1.82) is 0 Å². The molecule has 0 unspecified atom stereocenters. The Morgan fingerprint density at radius 3 is 2.71 bits per heavy atom. The number of rotatable bonds is 1. The molecule has 0 amide bonds. The van der Waals surface area contributed by atoms with Gasteiger partial charge in [-0.15, -0.1) is 0 Å². The zero-order valence-electron chi connectivity index (χ0n) is 8.28. The van der Waals surface area contributed by atoms with E-state index in [0.29, 0.717) is 11.5 Å². The summed E-state index contributed by atoms with van der Waals surface area (Å²) < 4.78 is 3.05. The first kappa shape index (κ1) is 8.92. The Balaban J connectivity index is 1.65. The minimum atomic E-state index is 0.648. The van der Waals surface area contributed by atoms with Crippen LogP contribution in [-0.4, -0.2) is 34.8 Å². The van der Waals surface area contributed by atoms with Crippen LogP contribution in [0.1, 0.15) is 18.9 Å². The first-order valence-corrected chi connectivity index (χ1v) is 5.85. The van der Waals surface area contributed by atoms with Crippen molar-refractivity contribution in [3.8, 4) is 0 Å². The first-order valence-electron chi connectivity index (χ1n) is 5.06. The van der Waals surface area contributed by atoms with Crippen molar-refractivity contribution < 1.29 is 0 Å². The van der Waals surface area contributed by atoms with Gasteiger partial charge < -0.3 is 4.90 Å². The smallest absolute Gasteiger partial charge is 0.128 e. The molecule has 1 saturated carbocycles. The van der Waals surface area contributed by atoms with Gasteiger partial charge in [-0.2, -0.15) is 5.10 Å². The maximum Gasteiger partial charge on any atom is 0.128 e. The molecular weight excluding hydrogens is 242 g/mol. The molecule has 1 spiro atoms. The molecule has 0 bridgehead atoms. The summed E-state index contributed by atoms with van der Waals surface area (Å²) in [7, 11) is 2.20. The topological polar surface area (TPSA) is 21.1 Å². The lowest BCUT2D eigenvalue weighted by molar-refractivity contribution is -0.0786. The normalized spacial score (nSPS) is 26.1. The van der Waals surface area contributed by atoms with Gasteiger partial charge in [-0.1, -0.05) is 0 Å². The molecule has 0 atom stereocenters. The van der Waals surface area contributed by atoms with Gasteiger partial charge in [0, 0.05) is 19.3 Å². The minimum Gasteiger partial charge on any atom is -0.305 e. The lowest BCUT2D eigenvalue weighted by Crippen LogP contribution is -2.60. The molecule has 3 rings (SSSR count). The highest BCUT2D eigenvalue weighted by Crippen LogP contribution is 2.53. The number of hydrogen-bond acceptors (Lipinski definition) is 2. The van der Waals surface area contributed by atoms with Gasteiger partial charge in [0.15, 0.2) is 0 Å². The van der Waals surface area contributed by atoms with E-state index in [0.717, 1.165) is 4.60 Å². The van der Waals surface area contributed by atoms with E-state index < -0.39 is 0 Å². The van der Waals surface area contributed by atoms with Crippen molar-refractivity contribution in [2.75, 3.05) is 20.1 Å². The summed E-state index contributed by atoms with van der Waals surface area (Å²) in [6.45, 7) is 2.57. The highest BCUT2D eigenvalue weighted by molar-refractivity contribution is 9.10. The molecule has 0 aromatic carbocycles. The van der Waals surface area contributed by atoms with Gasteiger partial charge >= 0.3 is 0 Å². The molecule has 1 aliphatic heterocycles. The predicted octanol–water partition coefficient (Wildman–Crippen LogP) is 1.91. The SMILES string of the molecule is CN1CC2(CC(n3ccc(Br)n3)C2)C1. The third-order valence-electron chi connectivity index (χ3n) is 3.50. The van der Waals surface area contributed by atoms with Crippen molar-refractivity contribution in [2.24, 2.45) is 5.41 Å². The largest absolute Gasteiger partial charge is 0.305 e. The van der Waals surface area contributed by atoms with Crippen molar-refractivity contribution in [3.05, 3.63) is 16.9 Å². The van der Waals surface area contributed by atoms with Crippen molar-refractivity contribution in [3.63, 3.8) is 0 Å². The average molecular weight is 256 g/mol. The molecule has 1 aromatic heterocycles. The van der Waals surface area contributed by atoms with Crippen LogP contribution in [0.15, 0.2) is 16.9 Å². The summed E-state index contributed by atoms with van der Waals surface area (Å²) in [4.78, 5) is 2.40. The standard InChI is InChI=1S/C10H14BrN3/c1-13-6-10(7-13)4-8(5-10)14-3-2-9(11)12-14/h2-3,8H,4-7H2,1H3. The van der Waals surface area contributed by atoms with Crippen LogP contribution in [0.3, 0.4) is 0 Å². The van der Waals surface area contributed by atoms with Gasteiger partial charge in [0.1, 0.15) is 4.60 Å². The number of hydrogen-bond donors (Lipinski definition) is 0. The van der Waals surface area contributed by atoms with E-state index in [1.165, 1.54) is 25.9 Å². The highest BCUT2D eigenvalue weighted by atomic mass is 79.9. The molecule has 2 fully saturated rings. The van der Waals surface area contributed by atoms with Crippen molar-refractivity contribution in [2.45, 2.75) is 18.9 Å². The zero-order chi connectivity index (χ0) is 9.76. The van der Waals surface area contributed by atoms with Crippen LogP contribution in [0.5, 0.6) is 0 Å². The molecule has 0 N–H and O–H groups in total. The molecular formula is C10H14BrN3. The Labute approximate surface area is 92.2 Å². The van der Waals surface area contributed by atoms with E-state index in [4.69, 9.17) is 0 Å². The zero-order valence-corrected chi connectivity index (χ0v) is 9.87. The maximum atomic E-state index is 4.40. The van der Waals surface area contributed by atoms with Gasteiger partial charge in [0.2, 0.25) is 0 Å². The maximum absolute atomic E-state index is 4.40. The third-order valence-corrected chi connectivity index (χ3v) is 3.92. The molecule has 0 radical (unpaired) electrons. The second-order valence-corrected chi connectivity index (χ2v) is 5.67. The van der Waals surface area contributed by atoms with E-state index in [1.54, 1.807) is 0 Å². The van der Waals surface area contributed by atoms with E-state index in [2.05, 4.69) is 43.9 Å². The molecule has 4 heteroatoms. The number of halogens is 1. The third kappa shape index (κ3) is 1.24. The fourth-order valence-corrected chi connectivity index (χ4v) is 3.30. The van der Waals surface area contributed by atoms with E-state index in [1.807, 2.05) is 6.07 Å². The van der Waals surface area contributed by atoms with Crippen molar-refractivity contribution in [1.82, 2.24) is 14.7 Å². The molecule has 2 aliphatic rings. The Hall–Kier alpha value is -0.350. The minimum absolute atomic E-state index is 0.648. The summed E-state index contributed by atoms with van der Waals surface area (Å²) >= 11 is 3.38. The molecule has 3 nitrogen and oxygen atoms in total. The Morgan fingerprint density at radius 2 is 2.21 bits per heavy atom. The van der Waals surface area contributed by atoms with Gasteiger partial charge in [0.25, 0.3) is 0 Å². The van der Waals surface area contributed by atoms with Gasteiger partial charge in [0.05, 0.1) is 6.04 Å².